The highest BCUT2D eigenvalue weighted by molar-refractivity contribution is 5.92. The Labute approximate surface area is 184 Å². The number of carbonyl (C=O) groups excluding carboxylic acids is 1. The van der Waals surface area contributed by atoms with Gasteiger partial charge in [-0.1, -0.05) is 61.9 Å². The van der Waals surface area contributed by atoms with E-state index in [9.17, 15) is 4.79 Å². The van der Waals surface area contributed by atoms with Crippen LogP contribution in [0.4, 0.5) is 0 Å². The number of hydrogen-bond acceptors (Lipinski definition) is 1. The van der Waals surface area contributed by atoms with Crippen molar-refractivity contribution in [2.45, 2.75) is 39.4 Å². The van der Waals surface area contributed by atoms with Crippen molar-refractivity contribution in [3.63, 3.8) is 0 Å². The number of ketones is 1. The average molecular weight is 416 g/mol. The zero-order chi connectivity index (χ0) is 21.2. The molecule has 4 saturated heterocycles. The summed E-state index contributed by atoms with van der Waals surface area (Å²) in [6, 6.07) is 19.6. The van der Waals surface area contributed by atoms with Crippen LogP contribution in [0.3, 0.4) is 0 Å². The number of aromatic nitrogens is 1. The van der Waals surface area contributed by atoms with Crippen molar-refractivity contribution in [2.24, 2.45) is 10.8 Å². The lowest BCUT2D eigenvalue weighted by Gasteiger charge is -2.59. The Morgan fingerprint density at radius 2 is 1.65 bits per heavy atom. The molecule has 7 rings (SSSR count). The van der Waals surface area contributed by atoms with Crippen LogP contribution >= 0.6 is 0 Å². The molecule has 4 heteroatoms. The minimum atomic E-state index is -0.144. The largest absolute Gasteiger partial charge is 0.342 e. The molecule has 2 aromatic carbocycles. The van der Waals surface area contributed by atoms with Crippen LogP contribution in [0.1, 0.15) is 44.0 Å². The number of hydrogen-bond donors (Lipinski definition) is 2. The summed E-state index contributed by atoms with van der Waals surface area (Å²) in [5.74, 6) is 0.569. The second-order valence-electron chi connectivity index (χ2n) is 10.6. The zero-order valence-corrected chi connectivity index (χ0v) is 18.7. The predicted octanol–water partition coefficient (Wildman–Crippen LogP) is 1.86. The minimum absolute atomic E-state index is 0.0937. The van der Waals surface area contributed by atoms with Crippen LogP contribution in [-0.4, -0.2) is 36.5 Å². The van der Waals surface area contributed by atoms with Gasteiger partial charge in [-0.2, -0.15) is 0 Å². The highest BCUT2D eigenvalue weighted by Gasteiger charge is 2.69. The molecule has 5 heterocycles. The van der Waals surface area contributed by atoms with Gasteiger partial charge in [0.15, 0.2) is 5.78 Å². The van der Waals surface area contributed by atoms with E-state index in [-0.39, 0.29) is 10.8 Å². The second-order valence-corrected chi connectivity index (χ2v) is 10.6. The van der Waals surface area contributed by atoms with Gasteiger partial charge in [0, 0.05) is 23.6 Å². The molecule has 0 amide bonds. The third-order valence-corrected chi connectivity index (χ3v) is 8.27. The van der Waals surface area contributed by atoms with Crippen molar-refractivity contribution in [1.82, 2.24) is 4.57 Å². The van der Waals surface area contributed by atoms with Crippen LogP contribution in [0.5, 0.6) is 0 Å². The normalized spacial score (nSPS) is 34.0. The standard InChI is InChI=1S/C27H31N3O/c1-3-13-27-18-29-16-26(2,25(27)31)17-30(19-27)24(29)22-15-28(14-20-9-5-4-6-10-20)23-12-8-7-11-21(22)23/h4-12,15,24H,3,13-14,16-19H2,1-2H3/p+2. The molecule has 4 fully saturated rings. The Morgan fingerprint density at radius 3 is 2.35 bits per heavy atom. The minimum Gasteiger partial charge on any atom is -0.342 e. The van der Waals surface area contributed by atoms with E-state index >= 15 is 0 Å². The van der Waals surface area contributed by atoms with Gasteiger partial charge in [0.2, 0.25) is 6.17 Å². The summed E-state index contributed by atoms with van der Waals surface area (Å²) in [7, 11) is 0. The first-order chi connectivity index (χ1) is 15.0. The smallest absolute Gasteiger partial charge is 0.242 e. The first kappa shape index (κ1) is 19.3. The van der Waals surface area contributed by atoms with Gasteiger partial charge in [0.25, 0.3) is 0 Å². The molecule has 31 heavy (non-hydrogen) atoms. The van der Waals surface area contributed by atoms with Crippen molar-refractivity contribution in [2.75, 3.05) is 26.2 Å². The summed E-state index contributed by atoms with van der Waals surface area (Å²) < 4.78 is 2.43. The molecule has 3 aromatic rings. The molecular weight excluding hydrogens is 382 g/mol. The molecule has 2 unspecified atom stereocenters. The maximum absolute atomic E-state index is 13.4. The molecule has 0 spiro atoms. The monoisotopic (exact) mass is 415 g/mol. The van der Waals surface area contributed by atoms with E-state index in [0.29, 0.717) is 11.9 Å². The number of piperidine rings is 2. The van der Waals surface area contributed by atoms with Gasteiger partial charge in [-0.25, -0.2) is 0 Å². The van der Waals surface area contributed by atoms with E-state index < -0.39 is 0 Å². The maximum atomic E-state index is 13.4. The van der Waals surface area contributed by atoms with E-state index in [4.69, 9.17) is 0 Å². The molecular formula is C27H33N3O+2. The van der Waals surface area contributed by atoms with Crippen molar-refractivity contribution < 1.29 is 14.6 Å². The highest BCUT2D eigenvalue weighted by atomic mass is 16.1. The third kappa shape index (κ3) is 2.78. The Morgan fingerprint density at radius 1 is 0.968 bits per heavy atom. The zero-order valence-electron chi connectivity index (χ0n) is 18.7. The number of para-hydroxylation sites is 1. The number of nitrogens with zero attached hydrogens (tertiary/aromatic N) is 1. The molecule has 0 radical (unpaired) electrons. The number of rotatable bonds is 5. The molecule has 4 aliphatic rings. The predicted molar refractivity (Wildman–Crippen MR) is 122 cm³/mol. The number of carbonyl (C=O) groups is 1. The topological polar surface area (TPSA) is 30.9 Å². The molecule has 0 aliphatic carbocycles. The second kappa shape index (κ2) is 6.78. The Kier molecular flexibility index (Phi) is 4.22. The van der Waals surface area contributed by atoms with Crippen molar-refractivity contribution in [1.29, 1.82) is 0 Å². The summed E-state index contributed by atoms with van der Waals surface area (Å²) >= 11 is 0. The van der Waals surface area contributed by atoms with Crippen molar-refractivity contribution in [3.8, 4) is 0 Å². The summed E-state index contributed by atoms with van der Waals surface area (Å²) in [4.78, 5) is 16.7. The number of benzene rings is 2. The number of fused-ring (bicyclic) bond motifs is 1. The van der Waals surface area contributed by atoms with Crippen LogP contribution in [0, 0.1) is 10.8 Å². The number of Topliss-reactive ketones (excluding diaryl/α,β-unsaturated/α-hetero) is 1. The average Bonchev–Trinajstić information content (AvgIpc) is 3.10. The lowest BCUT2D eigenvalue weighted by Crippen LogP contribution is -3.41. The number of quaternary nitrogens is 2. The molecule has 0 saturated carbocycles. The Bertz CT molecular complexity index is 1130. The van der Waals surface area contributed by atoms with E-state index in [1.165, 1.54) is 22.0 Å². The SMILES string of the molecule is CCCC12C[NH+]3CC(C)(C[NH+](C1)C3c1cn(Cc3ccccc3)c3ccccc13)C2=O. The van der Waals surface area contributed by atoms with Crippen LogP contribution in [0.25, 0.3) is 10.9 Å². The molecule has 160 valence electrons. The van der Waals surface area contributed by atoms with Crippen LogP contribution in [-0.2, 0) is 11.3 Å². The quantitative estimate of drug-likeness (QED) is 0.655. The summed E-state index contributed by atoms with van der Waals surface area (Å²) in [6.45, 7) is 9.39. The number of nitrogens with one attached hydrogen (secondary N) is 2. The first-order valence-corrected chi connectivity index (χ1v) is 11.9. The molecule has 4 nitrogen and oxygen atoms in total. The summed E-state index contributed by atoms with van der Waals surface area (Å²) in [5.41, 5.74) is 3.89. The Balaban J connectivity index is 1.42. The van der Waals surface area contributed by atoms with Gasteiger partial charge in [0.1, 0.15) is 37.0 Å². The fourth-order valence-corrected chi connectivity index (χ4v) is 7.40. The van der Waals surface area contributed by atoms with Gasteiger partial charge in [-0.15, -0.1) is 0 Å². The van der Waals surface area contributed by atoms with Crippen LogP contribution in [0.2, 0.25) is 0 Å². The van der Waals surface area contributed by atoms with E-state index in [1.807, 2.05) is 0 Å². The lowest BCUT2D eigenvalue weighted by molar-refractivity contribution is -1.18. The molecule has 2 N–H and O–H groups in total. The molecule has 4 bridgehead atoms. The van der Waals surface area contributed by atoms with Crippen molar-refractivity contribution in [3.05, 3.63) is 71.9 Å². The van der Waals surface area contributed by atoms with Gasteiger partial charge >= 0.3 is 0 Å². The molecule has 2 atom stereocenters. The molecule has 1 aromatic heterocycles. The highest BCUT2D eigenvalue weighted by Crippen LogP contribution is 2.40. The van der Waals surface area contributed by atoms with Gasteiger partial charge in [0.05, 0.1) is 5.56 Å². The first-order valence-electron chi connectivity index (χ1n) is 11.9. The van der Waals surface area contributed by atoms with E-state index in [2.05, 4.69) is 79.2 Å². The Hall–Kier alpha value is -2.43. The maximum Gasteiger partial charge on any atom is 0.242 e. The van der Waals surface area contributed by atoms with Gasteiger partial charge in [-0.05, 0) is 25.0 Å². The molecule has 4 aliphatic heterocycles. The fourth-order valence-electron chi connectivity index (χ4n) is 7.40. The summed E-state index contributed by atoms with van der Waals surface area (Å²) in [5, 5.41) is 1.39. The van der Waals surface area contributed by atoms with E-state index in [0.717, 1.165) is 45.6 Å². The third-order valence-electron chi connectivity index (χ3n) is 8.27. The van der Waals surface area contributed by atoms with Gasteiger partial charge in [-0.3, -0.25) is 14.6 Å². The summed E-state index contributed by atoms with van der Waals surface area (Å²) in [6.07, 6.45) is 5.01. The lowest BCUT2D eigenvalue weighted by atomic mass is 9.59. The van der Waals surface area contributed by atoms with Crippen LogP contribution in [0.15, 0.2) is 60.8 Å². The van der Waals surface area contributed by atoms with E-state index in [1.54, 1.807) is 9.80 Å². The van der Waals surface area contributed by atoms with Crippen LogP contribution < -0.4 is 9.80 Å². The fraction of sp³-hybridized carbons (Fsp3) is 0.444. The van der Waals surface area contributed by atoms with Gasteiger partial charge < -0.3 is 4.57 Å². The van der Waals surface area contributed by atoms with Crippen molar-refractivity contribution >= 4 is 16.7 Å².